The third kappa shape index (κ3) is 1.58. The number of aromatic carboxylic acids is 1. The van der Waals surface area contributed by atoms with Crippen LogP contribution >= 0.6 is 0 Å². The molecule has 8 heteroatoms. The molecule has 0 fully saturated rings. The molecule has 0 spiro atoms. The molecule has 0 unspecified atom stereocenters. The van der Waals surface area contributed by atoms with E-state index in [1.807, 2.05) is 0 Å². The fourth-order valence-corrected chi connectivity index (χ4v) is 1.19. The predicted molar refractivity (Wildman–Crippen MR) is 44.9 cm³/mol. The van der Waals surface area contributed by atoms with Crippen LogP contribution in [0.15, 0.2) is 18.5 Å². The molecule has 5 nitrogen and oxygen atoms in total. The maximum atomic E-state index is 12.4. The van der Waals surface area contributed by atoms with Crippen molar-refractivity contribution >= 4 is 11.6 Å². The van der Waals surface area contributed by atoms with Crippen molar-refractivity contribution in [3.63, 3.8) is 0 Å². The third-order valence-corrected chi connectivity index (χ3v) is 1.89. The van der Waals surface area contributed by atoms with Gasteiger partial charge in [0, 0.05) is 6.20 Å². The van der Waals surface area contributed by atoms with Crippen LogP contribution in [0.25, 0.3) is 5.65 Å². The van der Waals surface area contributed by atoms with Gasteiger partial charge in [-0.3, -0.25) is 0 Å². The summed E-state index contributed by atoms with van der Waals surface area (Å²) in [4.78, 5) is 13.9. The highest BCUT2D eigenvalue weighted by atomic mass is 19.4. The molecule has 0 aliphatic rings. The Morgan fingerprint density at radius 2 is 2.12 bits per heavy atom. The van der Waals surface area contributed by atoms with E-state index in [1.165, 1.54) is 0 Å². The SMILES string of the molecule is O=C(O)c1ccn2ncc(C(F)(F)F)c2n1. The van der Waals surface area contributed by atoms with Gasteiger partial charge in [0.05, 0.1) is 6.20 Å². The average molecular weight is 231 g/mol. The van der Waals surface area contributed by atoms with E-state index in [0.717, 1.165) is 16.8 Å². The fraction of sp³-hybridized carbons (Fsp3) is 0.125. The van der Waals surface area contributed by atoms with Crippen molar-refractivity contribution in [2.45, 2.75) is 6.18 Å². The zero-order valence-corrected chi connectivity index (χ0v) is 7.56. The number of carboxylic acids is 1. The fourth-order valence-electron chi connectivity index (χ4n) is 1.19. The summed E-state index contributed by atoms with van der Waals surface area (Å²) in [6.45, 7) is 0. The minimum absolute atomic E-state index is 0.460. The van der Waals surface area contributed by atoms with Crippen LogP contribution in [0, 0.1) is 0 Å². The van der Waals surface area contributed by atoms with Crippen LogP contribution < -0.4 is 0 Å². The summed E-state index contributed by atoms with van der Waals surface area (Å²) in [7, 11) is 0. The number of fused-ring (bicyclic) bond motifs is 1. The number of carboxylic acid groups (broad SMARTS) is 1. The normalized spacial score (nSPS) is 11.9. The van der Waals surface area contributed by atoms with Crippen LogP contribution in [0.1, 0.15) is 16.1 Å². The topological polar surface area (TPSA) is 67.5 Å². The molecular weight excluding hydrogens is 227 g/mol. The lowest BCUT2D eigenvalue weighted by Crippen LogP contribution is -2.07. The van der Waals surface area contributed by atoms with Crippen molar-refractivity contribution in [3.8, 4) is 0 Å². The zero-order valence-electron chi connectivity index (χ0n) is 7.56. The Morgan fingerprint density at radius 1 is 1.44 bits per heavy atom. The van der Waals surface area contributed by atoms with Crippen molar-refractivity contribution in [3.05, 3.63) is 29.7 Å². The van der Waals surface area contributed by atoms with Crippen LogP contribution in [0.5, 0.6) is 0 Å². The first-order valence-corrected chi connectivity index (χ1v) is 4.04. The molecular formula is C8H4F3N3O2. The molecule has 16 heavy (non-hydrogen) atoms. The summed E-state index contributed by atoms with van der Waals surface area (Å²) in [5, 5.41) is 12.0. The molecule has 0 atom stereocenters. The van der Waals surface area contributed by atoms with Gasteiger partial charge >= 0.3 is 12.1 Å². The summed E-state index contributed by atoms with van der Waals surface area (Å²) in [6, 6.07) is 1.07. The van der Waals surface area contributed by atoms with E-state index in [9.17, 15) is 18.0 Å². The Kier molecular flexibility index (Phi) is 2.07. The van der Waals surface area contributed by atoms with Gasteiger partial charge in [-0.2, -0.15) is 18.3 Å². The highest BCUT2D eigenvalue weighted by Crippen LogP contribution is 2.31. The summed E-state index contributed by atoms with van der Waals surface area (Å²) in [6.07, 6.45) is -2.89. The summed E-state index contributed by atoms with van der Waals surface area (Å²) < 4.78 is 38.2. The largest absolute Gasteiger partial charge is 0.477 e. The highest BCUT2D eigenvalue weighted by molar-refractivity contribution is 5.85. The maximum absolute atomic E-state index is 12.4. The van der Waals surface area contributed by atoms with E-state index in [1.54, 1.807) is 0 Å². The molecule has 0 aliphatic heterocycles. The molecule has 1 N–H and O–H groups in total. The quantitative estimate of drug-likeness (QED) is 0.806. The van der Waals surface area contributed by atoms with Crippen LogP contribution in [-0.2, 0) is 6.18 Å². The van der Waals surface area contributed by atoms with E-state index < -0.39 is 29.1 Å². The van der Waals surface area contributed by atoms with E-state index in [2.05, 4.69) is 10.1 Å². The molecule has 0 saturated carbocycles. The molecule has 0 amide bonds. The summed E-state index contributed by atoms with van der Waals surface area (Å²) in [5.41, 5.74) is -2.04. The van der Waals surface area contributed by atoms with Crippen molar-refractivity contribution < 1.29 is 23.1 Å². The van der Waals surface area contributed by atoms with Gasteiger partial charge in [0.25, 0.3) is 0 Å². The first-order valence-electron chi connectivity index (χ1n) is 4.04. The van der Waals surface area contributed by atoms with Gasteiger partial charge < -0.3 is 5.11 Å². The van der Waals surface area contributed by atoms with Gasteiger partial charge in [-0.05, 0) is 6.07 Å². The van der Waals surface area contributed by atoms with Crippen molar-refractivity contribution in [2.75, 3.05) is 0 Å². The van der Waals surface area contributed by atoms with Crippen molar-refractivity contribution in [1.29, 1.82) is 0 Å². The Labute approximate surface area is 86.1 Å². The lowest BCUT2D eigenvalue weighted by atomic mass is 10.3. The van der Waals surface area contributed by atoms with Gasteiger partial charge in [0.15, 0.2) is 11.3 Å². The molecule has 2 aromatic heterocycles. The Hall–Kier alpha value is -2.12. The smallest absolute Gasteiger partial charge is 0.421 e. The standard InChI is InChI=1S/C8H4F3N3O2/c9-8(10,11)4-3-12-14-2-1-5(7(15)16)13-6(4)14/h1-3H,(H,15,16). The molecule has 0 saturated heterocycles. The average Bonchev–Trinajstić information content (AvgIpc) is 2.58. The molecule has 2 heterocycles. The molecule has 2 aromatic rings. The summed E-state index contributed by atoms with van der Waals surface area (Å²) in [5.74, 6) is -1.39. The third-order valence-electron chi connectivity index (χ3n) is 1.89. The van der Waals surface area contributed by atoms with Crippen molar-refractivity contribution in [1.82, 2.24) is 14.6 Å². The molecule has 84 valence electrons. The Morgan fingerprint density at radius 3 is 2.69 bits per heavy atom. The van der Waals surface area contributed by atoms with Crippen LogP contribution in [0.3, 0.4) is 0 Å². The minimum atomic E-state index is -4.61. The monoisotopic (exact) mass is 231 g/mol. The van der Waals surface area contributed by atoms with Crippen LogP contribution in [-0.4, -0.2) is 25.7 Å². The van der Waals surface area contributed by atoms with Gasteiger partial charge in [-0.25, -0.2) is 14.3 Å². The first-order chi connectivity index (χ1) is 7.39. The molecule has 0 aromatic carbocycles. The van der Waals surface area contributed by atoms with Gasteiger partial charge in [0.1, 0.15) is 5.56 Å². The number of rotatable bonds is 1. The minimum Gasteiger partial charge on any atom is -0.477 e. The lowest BCUT2D eigenvalue weighted by Gasteiger charge is -2.03. The van der Waals surface area contributed by atoms with Gasteiger partial charge in [0.2, 0.25) is 0 Å². The second-order valence-corrected chi connectivity index (χ2v) is 2.94. The number of hydrogen-bond acceptors (Lipinski definition) is 3. The first kappa shape index (κ1) is 10.4. The van der Waals surface area contributed by atoms with E-state index in [4.69, 9.17) is 5.11 Å². The molecule has 0 aliphatic carbocycles. The van der Waals surface area contributed by atoms with E-state index in [0.29, 0.717) is 6.20 Å². The number of aromatic nitrogens is 3. The number of halogens is 3. The Bertz CT molecular complexity index is 561. The van der Waals surface area contributed by atoms with E-state index in [-0.39, 0.29) is 0 Å². The van der Waals surface area contributed by atoms with Crippen LogP contribution in [0.2, 0.25) is 0 Å². The lowest BCUT2D eigenvalue weighted by molar-refractivity contribution is -0.136. The number of alkyl halides is 3. The Balaban J connectivity index is 2.70. The molecule has 0 radical (unpaired) electrons. The zero-order chi connectivity index (χ0) is 11.9. The maximum Gasteiger partial charge on any atom is 0.421 e. The van der Waals surface area contributed by atoms with E-state index >= 15 is 0 Å². The number of hydrogen-bond donors (Lipinski definition) is 1. The second kappa shape index (κ2) is 3.19. The number of nitrogens with zero attached hydrogens (tertiary/aromatic N) is 3. The predicted octanol–water partition coefficient (Wildman–Crippen LogP) is 1.45. The highest BCUT2D eigenvalue weighted by Gasteiger charge is 2.35. The number of carbonyl (C=O) groups is 1. The van der Waals surface area contributed by atoms with Crippen molar-refractivity contribution in [2.24, 2.45) is 0 Å². The second-order valence-electron chi connectivity index (χ2n) is 2.94. The van der Waals surface area contributed by atoms with Crippen LogP contribution in [0.4, 0.5) is 13.2 Å². The van der Waals surface area contributed by atoms with Gasteiger partial charge in [-0.15, -0.1) is 0 Å². The molecule has 2 rings (SSSR count). The molecule has 0 bridgehead atoms. The summed E-state index contributed by atoms with van der Waals surface area (Å²) >= 11 is 0. The van der Waals surface area contributed by atoms with Gasteiger partial charge in [-0.1, -0.05) is 0 Å².